The molecular weight excluding hydrogens is 485 g/mol. The number of benzene rings is 2. The zero-order valence-corrected chi connectivity index (χ0v) is 21.0. The van der Waals surface area contributed by atoms with Gasteiger partial charge in [0.25, 0.3) is 5.56 Å². The fourth-order valence-corrected chi connectivity index (χ4v) is 5.88. The number of fused-ring (bicyclic) bond motifs is 1. The summed E-state index contributed by atoms with van der Waals surface area (Å²) in [6.45, 7) is 4.21. The van der Waals surface area contributed by atoms with Crippen LogP contribution in [0.15, 0.2) is 53.3 Å². The van der Waals surface area contributed by atoms with Crippen LogP contribution in [0.3, 0.4) is 0 Å². The lowest BCUT2D eigenvalue weighted by Gasteiger charge is -2.23. The number of anilines is 3. The number of pyridine rings is 1. The zero-order chi connectivity index (χ0) is 25.5. The minimum Gasteiger partial charge on any atom is -0.475 e. The molecule has 2 aromatic carbocycles. The molecule has 1 saturated carbocycles. The number of ether oxygens (including phenoxy) is 2. The van der Waals surface area contributed by atoms with Crippen LogP contribution in [0.25, 0.3) is 0 Å². The molecule has 1 fully saturated rings. The van der Waals surface area contributed by atoms with E-state index >= 15 is 0 Å². The molecule has 1 aliphatic heterocycles. The predicted molar refractivity (Wildman–Crippen MR) is 136 cm³/mol. The second-order valence-corrected chi connectivity index (χ2v) is 11.4. The molecule has 1 aromatic heterocycles. The zero-order valence-electron chi connectivity index (χ0n) is 20.1. The fourth-order valence-electron chi connectivity index (χ4n) is 4.33. The Morgan fingerprint density at radius 2 is 1.86 bits per heavy atom. The van der Waals surface area contributed by atoms with Crippen LogP contribution in [0.1, 0.15) is 29.5 Å². The number of aromatic nitrogens is 1. The molecule has 2 aliphatic rings. The van der Waals surface area contributed by atoms with Gasteiger partial charge in [-0.3, -0.25) is 14.1 Å². The van der Waals surface area contributed by atoms with E-state index in [9.17, 15) is 17.6 Å². The average Bonchev–Trinajstić information content (AvgIpc) is 3.49. The van der Waals surface area contributed by atoms with Crippen molar-refractivity contribution in [3.8, 4) is 5.88 Å². The smallest absolute Gasteiger partial charge is 0.258 e. The highest BCUT2D eigenvalue weighted by molar-refractivity contribution is 7.94. The first-order valence-corrected chi connectivity index (χ1v) is 13.3. The normalized spacial score (nSPS) is 15.8. The maximum atomic E-state index is 14.7. The van der Waals surface area contributed by atoms with Gasteiger partial charge in [-0.2, -0.15) is 0 Å². The number of sulfonamides is 1. The lowest BCUT2D eigenvalue weighted by Crippen LogP contribution is -2.35. The Morgan fingerprint density at radius 1 is 1.11 bits per heavy atom. The summed E-state index contributed by atoms with van der Waals surface area (Å²) in [4.78, 5) is 13.0. The van der Waals surface area contributed by atoms with E-state index in [1.54, 1.807) is 26.0 Å². The van der Waals surface area contributed by atoms with Gasteiger partial charge < -0.3 is 14.8 Å². The highest BCUT2D eigenvalue weighted by Crippen LogP contribution is 2.47. The van der Waals surface area contributed by atoms with Gasteiger partial charge in [0.15, 0.2) is 0 Å². The van der Waals surface area contributed by atoms with E-state index in [2.05, 4.69) is 10.0 Å². The van der Waals surface area contributed by atoms with Crippen molar-refractivity contribution in [1.29, 1.82) is 0 Å². The van der Waals surface area contributed by atoms with Crippen LogP contribution in [0.4, 0.5) is 21.5 Å². The van der Waals surface area contributed by atoms with Crippen molar-refractivity contribution in [3.05, 3.63) is 81.4 Å². The molecule has 5 rings (SSSR count). The summed E-state index contributed by atoms with van der Waals surface area (Å²) in [6.07, 6.45) is 0.891. The maximum absolute atomic E-state index is 14.7. The van der Waals surface area contributed by atoms with Crippen LogP contribution < -0.4 is 20.3 Å². The summed E-state index contributed by atoms with van der Waals surface area (Å²) in [5.74, 6) is -0.400. The molecule has 1 aliphatic carbocycles. The second kappa shape index (κ2) is 9.25. The Morgan fingerprint density at radius 3 is 2.56 bits per heavy atom. The SMILES string of the molecule is Cc1ccc(Nc2c(NS(=O)(=O)C3(COCc4ccccc4)CC3)c3n(c(=O)c2C)CCO3)c(F)c1. The minimum atomic E-state index is -3.94. The number of hydrogen-bond acceptors (Lipinski definition) is 6. The molecule has 8 nitrogen and oxygen atoms in total. The molecule has 190 valence electrons. The van der Waals surface area contributed by atoms with Crippen molar-refractivity contribution >= 4 is 27.1 Å². The largest absolute Gasteiger partial charge is 0.475 e. The third-order valence-corrected chi connectivity index (χ3v) is 8.82. The van der Waals surface area contributed by atoms with Gasteiger partial charge in [0, 0.05) is 5.56 Å². The van der Waals surface area contributed by atoms with E-state index in [4.69, 9.17) is 9.47 Å². The van der Waals surface area contributed by atoms with Crippen LogP contribution in [-0.2, 0) is 27.9 Å². The van der Waals surface area contributed by atoms with E-state index < -0.39 is 20.6 Å². The molecule has 0 saturated heterocycles. The topological polar surface area (TPSA) is 98.7 Å². The molecule has 36 heavy (non-hydrogen) atoms. The van der Waals surface area contributed by atoms with Crippen molar-refractivity contribution in [3.63, 3.8) is 0 Å². The monoisotopic (exact) mass is 513 g/mol. The van der Waals surface area contributed by atoms with Crippen molar-refractivity contribution in [2.75, 3.05) is 23.3 Å². The van der Waals surface area contributed by atoms with E-state index in [0.29, 0.717) is 26.0 Å². The summed E-state index contributed by atoms with van der Waals surface area (Å²) in [7, 11) is -3.94. The van der Waals surface area contributed by atoms with Crippen LogP contribution in [0.5, 0.6) is 5.88 Å². The van der Waals surface area contributed by atoms with Crippen molar-refractivity contribution in [2.45, 2.75) is 44.6 Å². The molecule has 0 bridgehead atoms. The van der Waals surface area contributed by atoms with Crippen LogP contribution in [-0.4, -0.2) is 30.9 Å². The van der Waals surface area contributed by atoms with Gasteiger partial charge in [0.1, 0.15) is 22.9 Å². The first kappa shape index (κ1) is 24.3. The van der Waals surface area contributed by atoms with Gasteiger partial charge in [-0.05, 0) is 49.9 Å². The van der Waals surface area contributed by atoms with E-state index in [1.165, 1.54) is 10.6 Å². The van der Waals surface area contributed by atoms with Crippen LogP contribution in [0, 0.1) is 19.7 Å². The summed E-state index contributed by atoms with van der Waals surface area (Å²) in [6, 6.07) is 14.2. The molecule has 0 amide bonds. The number of aryl methyl sites for hydroxylation is 1. The summed E-state index contributed by atoms with van der Waals surface area (Å²) < 4.78 is 56.3. The number of hydrogen-bond donors (Lipinski definition) is 2. The van der Waals surface area contributed by atoms with Crippen molar-refractivity contribution in [2.24, 2.45) is 0 Å². The van der Waals surface area contributed by atoms with E-state index in [0.717, 1.165) is 11.1 Å². The minimum absolute atomic E-state index is 0.0292. The number of nitrogens with zero attached hydrogens (tertiary/aromatic N) is 1. The molecule has 0 radical (unpaired) electrons. The molecule has 3 aromatic rings. The summed E-state index contributed by atoms with van der Waals surface area (Å²) in [5, 5.41) is 2.94. The van der Waals surface area contributed by atoms with Gasteiger partial charge in [0.2, 0.25) is 15.9 Å². The summed E-state index contributed by atoms with van der Waals surface area (Å²) >= 11 is 0. The standard InChI is InChI=1S/C26H28FN3O5S/c1-17-8-9-21(20(27)14-17)28-22-18(2)24(31)30-12-13-35-25(30)23(22)29-36(32,33)26(10-11-26)16-34-15-19-6-4-3-5-7-19/h3-9,14,28-29H,10-13,15-16H2,1-2H3. The first-order chi connectivity index (χ1) is 17.2. The lowest BCUT2D eigenvalue weighted by atomic mass is 10.1. The van der Waals surface area contributed by atoms with Gasteiger partial charge in [-0.25, -0.2) is 12.8 Å². The number of halogens is 1. The molecule has 2 N–H and O–H groups in total. The molecule has 0 spiro atoms. The fraction of sp³-hybridized carbons (Fsp3) is 0.346. The maximum Gasteiger partial charge on any atom is 0.258 e. The van der Waals surface area contributed by atoms with Crippen LogP contribution >= 0.6 is 0 Å². The first-order valence-electron chi connectivity index (χ1n) is 11.8. The molecule has 10 heteroatoms. The van der Waals surface area contributed by atoms with E-state index in [-0.39, 0.29) is 47.3 Å². The van der Waals surface area contributed by atoms with Gasteiger partial charge in [-0.1, -0.05) is 36.4 Å². The Labute approximate surface area is 209 Å². The Bertz CT molecular complexity index is 1470. The predicted octanol–water partition coefficient (Wildman–Crippen LogP) is 4.23. The highest BCUT2D eigenvalue weighted by atomic mass is 32.2. The third kappa shape index (κ3) is 4.46. The quantitative estimate of drug-likeness (QED) is 0.444. The van der Waals surface area contributed by atoms with Gasteiger partial charge >= 0.3 is 0 Å². The third-order valence-electron chi connectivity index (χ3n) is 6.68. The van der Waals surface area contributed by atoms with Crippen molar-refractivity contribution < 1.29 is 22.3 Å². The Hall–Kier alpha value is -3.37. The molecule has 2 heterocycles. The number of rotatable bonds is 9. The molecule has 0 atom stereocenters. The summed E-state index contributed by atoms with van der Waals surface area (Å²) in [5.41, 5.74) is 2.01. The van der Waals surface area contributed by atoms with Crippen molar-refractivity contribution in [1.82, 2.24) is 4.57 Å². The highest BCUT2D eigenvalue weighted by Gasteiger charge is 2.55. The molecular formula is C26H28FN3O5S. The van der Waals surface area contributed by atoms with E-state index in [1.807, 2.05) is 30.3 Å². The number of nitrogens with one attached hydrogen (secondary N) is 2. The van der Waals surface area contributed by atoms with Gasteiger partial charge in [-0.15, -0.1) is 0 Å². The van der Waals surface area contributed by atoms with Crippen LogP contribution in [0.2, 0.25) is 0 Å². The Kier molecular flexibility index (Phi) is 6.25. The van der Waals surface area contributed by atoms with Gasteiger partial charge in [0.05, 0.1) is 31.1 Å². The lowest BCUT2D eigenvalue weighted by molar-refractivity contribution is 0.116. The average molecular weight is 514 g/mol. The molecule has 0 unspecified atom stereocenters. The Balaban J connectivity index is 1.46. The second-order valence-electron chi connectivity index (χ2n) is 9.36.